The van der Waals surface area contributed by atoms with Crippen LogP contribution in [0.5, 0.6) is 0 Å². The zero-order valence-corrected chi connectivity index (χ0v) is 8.08. The predicted octanol–water partition coefficient (Wildman–Crippen LogP) is 1.28. The third kappa shape index (κ3) is 1.86. The summed E-state index contributed by atoms with van der Waals surface area (Å²) in [7, 11) is 0. The second-order valence-electron chi connectivity index (χ2n) is 2.78. The summed E-state index contributed by atoms with van der Waals surface area (Å²) in [6.45, 7) is 2.74. The van der Waals surface area contributed by atoms with E-state index in [-0.39, 0.29) is 0 Å². The Morgan fingerprint density at radius 3 is 3.00 bits per heavy atom. The molecule has 2 aromatic rings. The third-order valence-corrected chi connectivity index (χ3v) is 2.55. The van der Waals surface area contributed by atoms with Gasteiger partial charge in [0.25, 0.3) is 0 Å². The van der Waals surface area contributed by atoms with E-state index < -0.39 is 0 Å². The van der Waals surface area contributed by atoms with Crippen molar-refractivity contribution < 1.29 is 0 Å². The fourth-order valence-electron chi connectivity index (χ4n) is 1.10. The molecule has 2 rings (SSSR count). The molecule has 0 atom stereocenters. The second kappa shape index (κ2) is 3.18. The van der Waals surface area contributed by atoms with Crippen LogP contribution in [0.15, 0.2) is 18.5 Å². The first-order valence-corrected chi connectivity index (χ1v) is 4.76. The zero-order valence-electron chi connectivity index (χ0n) is 7.27. The molecule has 0 unspecified atom stereocenters. The molecule has 0 spiro atoms. The maximum Gasteiger partial charge on any atom is 0.145 e. The van der Waals surface area contributed by atoms with Gasteiger partial charge in [-0.2, -0.15) is 5.10 Å². The fraction of sp³-hybridized carbons (Fsp3) is 0.250. The first-order chi connectivity index (χ1) is 6.24. The van der Waals surface area contributed by atoms with E-state index in [9.17, 15) is 0 Å². The maximum atomic E-state index is 5.49. The van der Waals surface area contributed by atoms with Crippen LogP contribution in [0, 0.1) is 6.92 Å². The number of rotatable bonds is 2. The lowest BCUT2D eigenvalue weighted by Gasteiger charge is -1.95. The van der Waals surface area contributed by atoms with Crippen LogP contribution in [0.2, 0.25) is 0 Å². The molecule has 0 saturated carbocycles. The van der Waals surface area contributed by atoms with Crippen LogP contribution < -0.4 is 5.73 Å². The largest absolute Gasteiger partial charge is 0.382 e. The van der Waals surface area contributed by atoms with Crippen LogP contribution in [0.4, 0.5) is 5.82 Å². The summed E-state index contributed by atoms with van der Waals surface area (Å²) < 4.78 is 1.81. The molecular formula is C8H10N4S. The molecule has 0 aliphatic heterocycles. The Balaban J connectivity index is 2.14. The van der Waals surface area contributed by atoms with E-state index in [1.807, 2.05) is 24.0 Å². The molecule has 0 amide bonds. The molecule has 68 valence electrons. The predicted molar refractivity (Wildman–Crippen MR) is 52.6 cm³/mol. The van der Waals surface area contributed by atoms with E-state index in [4.69, 9.17) is 5.73 Å². The number of anilines is 1. The topological polar surface area (TPSA) is 56.7 Å². The van der Waals surface area contributed by atoms with Gasteiger partial charge in [0, 0.05) is 17.3 Å². The number of hydrogen-bond donors (Lipinski definition) is 1. The van der Waals surface area contributed by atoms with Gasteiger partial charge in [0.1, 0.15) is 5.82 Å². The van der Waals surface area contributed by atoms with E-state index in [2.05, 4.69) is 10.1 Å². The minimum atomic E-state index is 0.557. The van der Waals surface area contributed by atoms with Crippen molar-refractivity contribution in [3.8, 4) is 0 Å². The fourth-order valence-corrected chi connectivity index (χ4v) is 1.89. The van der Waals surface area contributed by atoms with E-state index in [0.717, 1.165) is 11.6 Å². The summed E-state index contributed by atoms with van der Waals surface area (Å²) in [6, 6.07) is 1.79. The average Bonchev–Trinajstić information content (AvgIpc) is 2.62. The highest BCUT2D eigenvalue weighted by Gasteiger charge is 2.00. The van der Waals surface area contributed by atoms with Gasteiger partial charge in [0.2, 0.25) is 0 Å². The summed E-state index contributed by atoms with van der Waals surface area (Å²) in [5.41, 5.74) is 5.49. The quantitative estimate of drug-likeness (QED) is 0.783. The van der Waals surface area contributed by atoms with Gasteiger partial charge < -0.3 is 5.73 Å². The summed E-state index contributed by atoms with van der Waals surface area (Å²) in [5, 5.41) is 5.17. The SMILES string of the molecule is Cc1ncc(Cn2ccc(N)n2)s1. The summed E-state index contributed by atoms with van der Waals surface area (Å²) in [4.78, 5) is 5.36. The average molecular weight is 194 g/mol. The number of hydrogen-bond acceptors (Lipinski definition) is 4. The molecule has 0 radical (unpaired) electrons. The van der Waals surface area contributed by atoms with Gasteiger partial charge in [-0.3, -0.25) is 4.68 Å². The minimum Gasteiger partial charge on any atom is -0.382 e. The monoisotopic (exact) mass is 194 g/mol. The third-order valence-electron chi connectivity index (χ3n) is 1.65. The Labute approximate surface area is 80.0 Å². The Morgan fingerprint density at radius 2 is 2.46 bits per heavy atom. The number of aryl methyl sites for hydroxylation is 1. The van der Waals surface area contributed by atoms with Crippen LogP contribution in [0.1, 0.15) is 9.88 Å². The molecule has 2 N–H and O–H groups in total. The van der Waals surface area contributed by atoms with Crippen molar-refractivity contribution in [2.24, 2.45) is 0 Å². The van der Waals surface area contributed by atoms with Crippen molar-refractivity contribution in [2.75, 3.05) is 5.73 Å². The number of nitrogen functional groups attached to an aromatic ring is 1. The molecule has 0 aliphatic carbocycles. The van der Waals surface area contributed by atoms with Gasteiger partial charge in [-0.25, -0.2) is 4.98 Å². The minimum absolute atomic E-state index is 0.557. The Kier molecular flexibility index (Phi) is 2.02. The van der Waals surface area contributed by atoms with Gasteiger partial charge in [-0.1, -0.05) is 0 Å². The van der Waals surface area contributed by atoms with Crippen LogP contribution in [0.25, 0.3) is 0 Å². The lowest BCUT2D eigenvalue weighted by molar-refractivity contribution is 0.697. The van der Waals surface area contributed by atoms with Crippen LogP contribution in [0.3, 0.4) is 0 Å². The molecule has 13 heavy (non-hydrogen) atoms. The molecule has 2 heterocycles. The number of aromatic nitrogens is 3. The number of nitrogens with two attached hydrogens (primary N) is 1. The molecule has 5 heteroatoms. The highest BCUT2D eigenvalue weighted by atomic mass is 32.1. The first kappa shape index (κ1) is 8.25. The van der Waals surface area contributed by atoms with Crippen molar-refractivity contribution in [1.29, 1.82) is 0 Å². The van der Waals surface area contributed by atoms with E-state index in [0.29, 0.717) is 5.82 Å². The molecule has 2 aromatic heterocycles. The molecule has 0 bridgehead atoms. The lowest BCUT2D eigenvalue weighted by atomic mass is 10.5. The van der Waals surface area contributed by atoms with Crippen molar-refractivity contribution in [1.82, 2.24) is 14.8 Å². The maximum absolute atomic E-state index is 5.49. The van der Waals surface area contributed by atoms with Gasteiger partial charge in [0.15, 0.2) is 0 Å². The standard InChI is InChI=1S/C8H10N4S/c1-6-10-4-7(13-6)5-12-3-2-8(9)11-12/h2-4H,5H2,1H3,(H2,9,11). The molecule has 0 aromatic carbocycles. The normalized spacial score (nSPS) is 10.5. The van der Waals surface area contributed by atoms with Crippen molar-refractivity contribution in [2.45, 2.75) is 13.5 Å². The Morgan fingerprint density at radius 1 is 1.62 bits per heavy atom. The van der Waals surface area contributed by atoms with Crippen molar-refractivity contribution in [3.63, 3.8) is 0 Å². The highest BCUT2D eigenvalue weighted by Crippen LogP contribution is 2.12. The lowest BCUT2D eigenvalue weighted by Crippen LogP contribution is -1.99. The summed E-state index contributed by atoms with van der Waals surface area (Å²) >= 11 is 1.68. The molecular weight excluding hydrogens is 184 g/mol. The molecule has 0 saturated heterocycles. The Hall–Kier alpha value is -1.36. The van der Waals surface area contributed by atoms with Crippen molar-refractivity contribution >= 4 is 17.2 Å². The molecule has 0 aliphatic rings. The van der Waals surface area contributed by atoms with Gasteiger partial charge >= 0.3 is 0 Å². The van der Waals surface area contributed by atoms with E-state index in [1.165, 1.54) is 4.88 Å². The van der Waals surface area contributed by atoms with Crippen molar-refractivity contribution in [3.05, 3.63) is 28.3 Å². The summed E-state index contributed by atoms with van der Waals surface area (Å²) in [5.74, 6) is 0.557. The first-order valence-electron chi connectivity index (χ1n) is 3.94. The second-order valence-corrected chi connectivity index (χ2v) is 4.10. The Bertz CT molecular complexity index is 365. The number of thiazole rings is 1. The molecule has 0 fully saturated rings. The van der Waals surface area contributed by atoms with Crippen LogP contribution >= 0.6 is 11.3 Å². The van der Waals surface area contributed by atoms with Gasteiger partial charge in [-0.15, -0.1) is 11.3 Å². The van der Waals surface area contributed by atoms with Crippen LogP contribution in [-0.2, 0) is 6.54 Å². The molecule has 4 nitrogen and oxygen atoms in total. The van der Waals surface area contributed by atoms with E-state index >= 15 is 0 Å². The summed E-state index contributed by atoms with van der Waals surface area (Å²) in [6.07, 6.45) is 3.74. The number of nitrogens with zero attached hydrogens (tertiary/aromatic N) is 3. The van der Waals surface area contributed by atoms with Gasteiger partial charge in [0.05, 0.1) is 11.6 Å². The van der Waals surface area contributed by atoms with Crippen LogP contribution in [-0.4, -0.2) is 14.8 Å². The van der Waals surface area contributed by atoms with E-state index in [1.54, 1.807) is 17.4 Å². The smallest absolute Gasteiger partial charge is 0.145 e. The highest BCUT2D eigenvalue weighted by molar-refractivity contribution is 7.11. The van der Waals surface area contributed by atoms with Gasteiger partial charge in [-0.05, 0) is 13.0 Å². The zero-order chi connectivity index (χ0) is 9.26.